The molecule has 4 heterocycles. The van der Waals surface area contributed by atoms with E-state index in [9.17, 15) is 14.4 Å². The van der Waals surface area contributed by atoms with Gasteiger partial charge in [0, 0.05) is 43.2 Å². The summed E-state index contributed by atoms with van der Waals surface area (Å²) >= 11 is 0. The lowest BCUT2D eigenvalue weighted by Gasteiger charge is -2.38. The zero-order valence-electron chi connectivity index (χ0n) is 25.6. The topological polar surface area (TPSA) is 140 Å². The van der Waals surface area contributed by atoms with Crippen LogP contribution in [0, 0.1) is 13.8 Å². The summed E-state index contributed by atoms with van der Waals surface area (Å²) in [5, 5.41) is 11.3. The van der Waals surface area contributed by atoms with Crippen molar-refractivity contribution < 1.29 is 28.6 Å². The van der Waals surface area contributed by atoms with Gasteiger partial charge in [-0.3, -0.25) is 18.8 Å². The Morgan fingerprint density at radius 3 is 2.76 bits per heavy atom. The van der Waals surface area contributed by atoms with Crippen LogP contribution in [0.25, 0.3) is 5.78 Å². The van der Waals surface area contributed by atoms with Crippen molar-refractivity contribution in [1.29, 1.82) is 0 Å². The number of aromatic nitrogens is 4. The Labute approximate surface area is 260 Å². The van der Waals surface area contributed by atoms with Gasteiger partial charge in [0.15, 0.2) is 0 Å². The minimum atomic E-state index is -0.542. The molecular weight excluding hydrogens is 578 g/mol. The van der Waals surface area contributed by atoms with Gasteiger partial charge in [-0.25, -0.2) is 4.98 Å². The second kappa shape index (κ2) is 12.5. The summed E-state index contributed by atoms with van der Waals surface area (Å²) in [5.41, 5.74) is 2.76. The van der Waals surface area contributed by atoms with Crippen LogP contribution in [0.1, 0.15) is 51.3 Å². The molecule has 2 aliphatic heterocycles. The van der Waals surface area contributed by atoms with Crippen molar-refractivity contribution in [3.63, 3.8) is 0 Å². The van der Waals surface area contributed by atoms with E-state index >= 15 is 0 Å². The van der Waals surface area contributed by atoms with Gasteiger partial charge in [0.2, 0.25) is 11.7 Å². The maximum atomic E-state index is 13.7. The molecule has 2 atom stereocenters. The van der Waals surface area contributed by atoms with Crippen molar-refractivity contribution in [3.05, 3.63) is 76.9 Å². The number of benzene rings is 2. The molecule has 0 aliphatic carbocycles. The highest BCUT2D eigenvalue weighted by Crippen LogP contribution is 2.29. The fourth-order valence-electron chi connectivity index (χ4n) is 5.77. The average molecular weight is 614 g/mol. The molecule has 6 rings (SSSR count). The van der Waals surface area contributed by atoms with Gasteiger partial charge in [-0.1, -0.05) is 12.1 Å². The molecule has 2 aliphatic rings. The van der Waals surface area contributed by atoms with Crippen molar-refractivity contribution in [2.24, 2.45) is 0 Å². The highest BCUT2D eigenvalue weighted by Gasteiger charge is 2.35. The first-order valence-corrected chi connectivity index (χ1v) is 14.9. The van der Waals surface area contributed by atoms with Crippen molar-refractivity contribution in [3.8, 4) is 17.2 Å². The van der Waals surface area contributed by atoms with E-state index in [4.69, 9.17) is 14.2 Å². The van der Waals surface area contributed by atoms with Crippen molar-refractivity contribution in [1.82, 2.24) is 34.7 Å². The molecule has 4 bridgehead atoms. The number of likely N-dealkylation sites (N-methyl/N-ethyl adjacent to an activating group) is 1. The maximum absolute atomic E-state index is 13.7. The minimum absolute atomic E-state index is 0.157. The maximum Gasteiger partial charge on any atom is 0.292 e. The SMILES string of the molecule is CCOc1cc2cc(c1)C(=O)N(C)CC(=O)N[C@H]1CN(C(=O)c3nnc4nc(C)cc(C)n34)CC[C@H]1OCc1cccc(c1)O2. The fraction of sp³-hybridized carbons (Fsp3) is 0.375. The summed E-state index contributed by atoms with van der Waals surface area (Å²) in [7, 11) is 1.56. The largest absolute Gasteiger partial charge is 0.494 e. The Morgan fingerprint density at radius 1 is 1.09 bits per heavy atom. The van der Waals surface area contributed by atoms with Crippen molar-refractivity contribution in [2.75, 3.05) is 33.3 Å². The third-order valence-electron chi connectivity index (χ3n) is 7.83. The second-order valence-electron chi connectivity index (χ2n) is 11.3. The fourth-order valence-corrected chi connectivity index (χ4v) is 5.77. The number of carbonyl (C=O) groups is 3. The zero-order chi connectivity index (χ0) is 31.7. The summed E-state index contributed by atoms with van der Waals surface area (Å²) in [6.07, 6.45) is 0.0821. The van der Waals surface area contributed by atoms with Gasteiger partial charge in [-0.05, 0) is 63.1 Å². The first-order valence-electron chi connectivity index (χ1n) is 14.9. The number of piperidine rings is 1. The summed E-state index contributed by atoms with van der Waals surface area (Å²) in [4.78, 5) is 47.8. The first-order chi connectivity index (χ1) is 21.7. The molecule has 2 aromatic heterocycles. The number of carbonyl (C=O) groups excluding carboxylic acids is 3. The third-order valence-corrected chi connectivity index (χ3v) is 7.83. The Bertz CT molecular complexity index is 1770. The molecule has 1 fully saturated rings. The number of amides is 3. The molecule has 0 radical (unpaired) electrons. The highest BCUT2D eigenvalue weighted by atomic mass is 16.5. The van der Waals surface area contributed by atoms with Crippen LogP contribution in [0.15, 0.2) is 48.5 Å². The van der Waals surface area contributed by atoms with Crippen molar-refractivity contribution >= 4 is 23.5 Å². The van der Waals surface area contributed by atoms with Crippen LogP contribution in [-0.4, -0.2) is 92.5 Å². The van der Waals surface area contributed by atoms with Crippen LogP contribution in [0.5, 0.6) is 17.2 Å². The van der Waals surface area contributed by atoms with Crippen LogP contribution >= 0.6 is 0 Å². The van der Waals surface area contributed by atoms with E-state index in [2.05, 4.69) is 20.5 Å². The predicted octanol–water partition coefficient (Wildman–Crippen LogP) is 2.93. The smallest absolute Gasteiger partial charge is 0.292 e. The predicted molar refractivity (Wildman–Crippen MR) is 162 cm³/mol. The molecule has 1 N–H and O–H groups in total. The van der Waals surface area contributed by atoms with Crippen LogP contribution in [-0.2, 0) is 16.1 Å². The molecule has 0 saturated carbocycles. The molecule has 4 aromatic rings. The van der Waals surface area contributed by atoms with E-state index in [1.54, 1.807) is 34.5 Å². The normalized spacial score (nSPS) is 19.1. The van der Waals surface area contributed by atoms with Crippen molar-refractivity contribution in [2.45, 2.75) is 45.9 Å². The monoisotopic (exact) mass is 613 g/mol. The number of hydrogen-bond acceptors (Lipinski definition) is 9. The average Bonchev–Trinajstić information content (AvgIpc) is 3.43. The summed E-state index contributed by atoms with van der Waals surface area (Å²) in [5.74, 6) is 0.929. The Kier molecular flexibility index (Phi) is 8.35. The Morgan fingerprint density at radius 2 is 1.93 bits per heavy atom. The lowest BCUT2D eigenvalue weighted by atomic mass is 10.0. The molecular formula is C32H35N7O6. The van der Waals surface area contributed by atoms with E-state index in [-0.39, 0.29) is 49.3 Å². The van der Waals surface area contributed by atoms with E-state index in [0.717, 1.165) is 17.0 Å². The number of ether oxygens (including phenoxy) is 3. The number of nitrogens with one attached hydrogen (secondary N) is 1. The van der Waals surface area contributed by atoms with Gasteiger partial charge in [-0.15, -0.1) is 10.2 Å². The third kappa shape index (κ3) is 6.43. The second-order valence-corrected chi connectivity index (χ2v) is 11.3. The quantitative estimate of drug-likeness (QED) is 0.369. The van der Waals surface area contributed by atoms with Gasteiger partial charge in [0.05, 0.1) is 31.9 Å². The standard InChI is InChI=1S/C32H35N7O6/c1-5-43-24-13-22-14-25(15-24)45-23-8-6-7-21(12-23)18-44-27-9-10-38(16-26(27)34-28(40)17-37(4)30(22)41)31(42)29-35-36-32-33-19(2)11-20(3)39(29)32/h6-8,11-15,26-27H,5,9-10,16-18H2,1-4H3,(H,34,40)/t26-,27+/m0/s1. The van der Waals surface area contributed by atoms with E-state index < -0.39 is 6.04 Å². The van der Waals surface area contributed by atoms with Gasteiger partial charge in [-0.2, -0.15) is 0 Å². The highest BCUT2D eigenvalue weighted by molar-refractivity contribution is 5.97. The summed E-state index contributed by atoms with van der Waals surface area (Å²) in [6.45, 7) is 6.63. The number of aryl methyl sites for hydroxylation is 2. The molecule has 3 amide bonds. The molecule has 13 nitrogen and oxygen atoms in total. The zero-order valence-corrected chi connectivity index (χ0v) is 25.6. The first kappa shape index (κ1) is 30.0. The number of hydrogen-bond donors (Lipinski definition) is 1. The van der Waals surface area contributed by atoms with E-state index in [1.807, 2.05) is 51.1 Å². The lowest BCUT2D eigenvalue weighted by Crippen LogP contribution is -2.58. The van der Waals surface area contributed by atoms with E-state index in [0.29, 0.717) is 48.2 Å². The molecule has 1 saturated heterocycles. The molecule has 0 unspecified atom stereocenters. The van der Waals surface area contributed by atoms with E-state index in [1.165, 1.54) is 4.90 Å². The number of fused-ring (bicyclic) bond motifs is 6. The van der Waals surface area contributed by atoms with Crippen LogP contribution < -0.4 is 14.8 Å². The van der Waals surface area contributed by atoms with Crippen LogP contribution in [0.2, 0.25) is 0 Å². The Balaban J connectivity index is 1.28. The van der Waals surface area contributed by atoms with Gasteiger partial charge in [0.1, 0.15) is 17.2 Å². The van der Waals surface area contributed by atoms with Crippen LogP contribution in [0.4, 0.5) is 0 Å². The van der Waals surface area contributed by atoms with Gasteiger partial charge < -0.3 is 29.3 Å². The molecule has 234 valence electrons. The summed E-state index contributed by atoms with van der Waals surface area (Å²) < 4.78 is 19.8. The summed E-state index contributed by atoms with van der Waals surface area (Å²) in [6, 6.07) is 13.8. The van der Waals surface area contributed by atoms with Gasteiger partial charge in [0.25, 0.3) is 17.6 Å². The number of rotatable bonds is 3. The molecule has 2 aromatic carbocycles. The molecule has 13 heteroatoms. The molecule has 0 spiro atoms. The number of likely N-dealkylation sites (tertiary alicyclic amines) is 1. The minimum Gasteiger partial charge on any atom is -0.494 e. The number of nitrogens with zero attached hydrogens (tertiary/aromatic N) is 6. The Hall–Kier alpha value is -5.04. The van der Waals surface area contributed by atoms with Crippen LogP contribution in [0.3, 0.4) is 0 Å². The lowest BCUT2D eigenvalue weighted by molar-refractivity contribution is -0.124. The molecule has 45 heavy (non-hydrogen) atoms. The van der Waals surface area contributed by atoms with Gasteiger partial charge >= 0.3 is 0 Å².